The number of anilines is 1. The Kier molecular flexibility index (Phi) is 5.78. The van der Waals surface area contributed by atoms with Crippen molar-refractivity contribution in [3.63, 3.8) is 0 Å². The molecule has 0 radical (unpaired) electrons. The van der Waals surface area contributed by atoms with Crippen LogP contribution < -0.4 is 5.73 Å². The Morgan fingerprint density at radius 3 is 2.44 bits per heavy atom. The van der Waals surface area contributed by atoms with Gasteiger partial charge in [-0.1, -0.05) is 6.07 Å². The second-order valence-electron chi connectivity index (χ2n) is 10.4. The monoisotopic (exact) mass is 571 g/mol. The third kappa shape index (κ3) is 4.20. The van der Waals surface area contributed by atoms with E-state index in [-0.39, 0.29) is 40.3 Å². The van der Waals surface area contributed by atoms with Crippen molar-refractivity contribution in [2.45, 2.75) is 48.6 Å². The number of amides is 1. The molecule has 208 valence electrons. The molecule has 0 aliphatic carbocycles. The maximum Gasteiger partial charge on any atom is 0.276 e. The van der Waals surface area contributed by atoms with Gasteiger partial charge in [-0.15, -0.1) is 0 Å². The average molecular weight is 572 g/mol. The molecule has 0 unspecified atom stereocenters. The van der Waals surface area contributed by atoms with Crippen molar-refractivity contribution in [2.24, 2.45) is 0 Å². The molecular formula is C26H25N11O3S. The molecule has 2 aliphatic heterocycles. The smallest absolute Gasteiger partial charge is 0.276 e. The number of aromatic nitrogens is 9. The van der Waals surface area contributed by atoms with Crippen molar-refractivity contribution in [3.05, 3.63) is 60.6 Å². The minimum Gasteiger partial charge on any atom is -0.382 e. The molecular weight excluding hydrogens is 546 g/mol. The van der Waals surface area contributed by atoms with Gasteiger partial charge in [0.25, 0.3) is 5.91 Å². The number of sulfone groups is 1. The van der Waals surface area contributed by atoms with Gasteiger partial charge in [0.05, 0.1) is 18.1 Å². The van der Waals surface area contributed by atoms with Crippen LogP contribution >= 0.6 is 0 Å². The zero-order valence-electron chi connectivity index (χ0n) is 21.9. The van der Waals surface area contributed by atoms with Crippen LogP contribution in [0.2, 0.25) is 0 Å². The van der Waals surface area contributed by atoms with Crippen LogP contribution in [0.5, 0.6) is 0 Å². The van der Waals surface area contributed by atoms with Crippen molar-refractivity contribution >= 4 is 27.2 Å². The van der Waals surface area contributed by atoms with Crippen LogP contribution in [0.1, 0.15) is 47.8 Å². The molecule has 5 aromatic heterocycles. The number of nitrogens with two attached hydrogens (primary N) is 1. The van der Waals surface area contributed by atoms with E-state index in [1.54, 1.807) is 30.9 Å². The lowest BCUT2D eigenvalue weighted by molar-refractivity contribution is 0.0562. The minimum atomic E-state index is -3.75. The lowest BCUT2D eigenvalue weighted by Crippen LogP contribution is -2.46. The number of rotatable bonds is 5. The average Bonchev–Trinajstić information content (AvgIpc) is 3.71. The summed E-state index contributed by atoms with van der Waals surface area (Å²) in [5, 5.41) is 14.6. The largest absolute Gasteiger partial charge is 0.382 e. The van der Waals surface area contributed by atoms with Gasteiger partial charge >= 0.3 is 0 Å². The normalized spacial score (nSPS) is 20.5. The molecule has 2 saturated heterocycles. The van der Waals surface area contributed by atoms with Gasteiger partial charge in [0.15, 0.2) is 27.0 Å². The molecule has 1 amide bonds. The van der Waals surface area contributed by atoms with Crippen LogP contribution in [0, 0.1) is 0 Å². The maximum atomic E-state index is 13.1. The molecule has 0 saturated carbocycles. The lowest BCUT2D eigenvalue weighted by Gasteiger charge is -2.38. The molecule has 2 fully saturated rings. The Balaban J connectivity index is 1.29. The summed E-state index contributed by atoms with van der Waals surface area (Å²) in [6.07, 6.45) is 11.9. The first-order valence-electron chi connectivity index (χ1n) is 13.1. The van der Waals surface area contributed by atoms with Crippen LogP contribution in [0.4, 0.5) is 5.82 Å². The van der Waals surface area contributed by atoms with Crippen LogP contribution in [0.25, 0.3) is 28.3 Å². The van der Waals surface area contributed by atoms with E-state index in [1.807, 2.05) is 17.0 Å². The summed E-state index contributed by atoms with van der Waals surface area (Å²) < 4.78 is 27.5. The fourth-order valence-electron chi connectivity index (χ4n) is 6.16. The number of piperidine rings is 1. The highest BCUT2D eigenvalue weighted by Crippen LogP contribution is 2.45. The van der Waals surface area contributed by atoms with Crippen LogP contribution in [-0.2, 0) is 9.84 Å². The molecule has 3 atom stereocenters. The van der Waals surface area contributed by atoms with Gasteiger partial charge in [0.2, 0.25) is 0 Å². The third-order valence-electron chi connectivity index (χ3n) is 7.89. The molecule has 15 heteroatoms. The van der Waals surface area contributed by atoms with Crippen molar-refractivity contribution in [1.29, 1.82) is 0 Å². The highest BCUT2D eigenvalue weighted by atomic mass is 32.2. The van der Waals surface area contributed by atoms with Gasteiger partial charge in [-0.25, -0.2) is 23.4 Å². The standard InChI is InChI=1S/C26H25N11O3S/c1-41(39,40)22-21(15-9-16-4-5-17(10-15)36(16)26(38)20-13-31-35-34-20)33-25-18(12-32-37(25)23(22)27)14-3-6-19(30-11-14)24-28-7-2-8-29-24/h2-3,6-8,11-13,15-17H,4-5,9-10,27H2,1H3,(H,31,34,35)/t15-,16-,17+. The Bertz CT molecular complexity index is 1860. The van der Waals surface area contributed by atoms with Gasteiger partial charge in [-0.05, 0) is 37.8 Å². The predicted octanol–water partition coefficient (Wildman–Crippen LogP) is 1.90. The molecule has 7 rings (SSSR count). The molecule has 3 N–H and O–H groups in total. The Morgan fingerprint density at radius 2 is 1.80 bits per heavy atom. The zero-order valence-corrected chi connectivity index (χ0v) is 22.7. The van der Waals surface area contributed by atoms with E-state index in [1.165, 1.54) is 10.7 Å². The molecule has 0 spiro atoms. The maximum absolute atomic E-state index is 13.1. The first-order valence-corrected chi connectivity index (χ1v) is 15.0. The van der Waals surface area contributed by atoms with E-state index >= 15 is 0 Å². The summed E-state index contributed by atoms with van der Waals surface area (Å²) in [4.78, 5) is 32.9. The number of fused-ring (bicyclic) bond motifs is 3. The lowest BCUT2D eigenvalue weighted by atomic mass is 9.87. The topological polar surface area (TPSA) is 191 Å². The number of carbonyl (C=O) groups excluding carboxylic acids is 1. The molecule has 7 heterocycles. The van der Waals surface area contributed by atoms with E-state index < -0.39 is 9.84 Å². The van der Waals surface area contributed by atoms with E-state index in [0.717, 1.165) is 24.7 Å². The first-order chi connectivity index (χ1) is 19.8. The highest BCUT2D eigenvalue weighted by Gasteiger charge is 2.46. The Morgan fingerprint density at radius 1 is 1.05 bits per heavy atom. The second kappa shape index (κ2) is 9.40. The summed E-state index contributed by atoms with van der Waals surface area (Å²) in [5.41, 5.74) is 9.61. The van der Waals surface area contributed by atoms with Crippen molar-refractivity contribution in [1.82, 2.24) is 49.9 Å². The summed E-state index contributed by atoms with van der Waals surface area (Å²) in [5.74, 6) is 0.120. The third-order valence-corrected chi connectivity index (χ3v) is 9.05. The molecule has 14 nitrogen and oxygen atoms in total. The van der Waals surface area contributed by atoms with Crippen molar-refractivity contribution in [2.75, 3.05) is 12.0 Å². The predicted molar refractivity (Wildman–Crippen MR) is 146 cm³/mol. The number of nitrogens with one attached hydrogen (secondary N) is 1. The number of nitrogens with zero attached hydrogens (tertiary/aromatic N) is 9. The van der Waals surface area contributed by atoms with Crippen LogP contribution in [0.15, 0.2) is 54.1 Å². The Hall–Kier alpha value is -4.79. The van der Waals surface area contributed by atoms with Crippen molar-refractivity contribution < 1.29 is 13.2 Å². The van der Waals surface area contributed by atoms with Gasteiger partial charge in [0, 0.05) is 54.0 Å². The number of nitrogen functional groups attached to an aromatic ring is 1. The fourth-order valence-corrected chi connectivity index (χ4v) is 7.22. The number of hydrogen-bond acceptors (Lipinski definition) is 11. The number of pyridine rings is 1. The molecule has 2 bridgehead atoms. The molecule has 2 aliphatic rings. The van der Waals surface area contributed by atoms with Crippen LogP contribution in [0.3, 0.4) is 0 Å². The molecule has 5 aromatic rings. The van der Waals surface area contributed by atoms with E-state index in [4.69, 9.17) is 10.7 Å². The molecule has 0 aromatic carbocycles. The zero-order chi connectivity index (χ0) is 28.3. The number of carbonyl (C=O) groups is 1. The summed E-state index contributed by atoms with van der Waals surface area (Å²) in [6, 6.07) is 5.26. The first kappa shape index (κ1) is 25.2. The number of hydrogen-bond donors (Lipinski definition) is 2. The van der Waals surface area contributed by atoms with E-state index in [0.29, 0.717) is 41.3 Å². The van der Waals surface area contributed by atoms with Gasteiger partial charge in [0.1, 0.15) is 16.4 Å². The summed E-state index contributed by atoms with van der Waals surface area (Å²) in [7, 11) is -3.75. The minimum absolute atomic E-state index is 0.00876. The molecule has 41 heavy (non-hydrogen) atoms. The van der Waals surface area contributed by atoms with Crippen molar-refractivity contribution in [3.8, 4) is 22.6 Å². The quantitative estimate of drug-likeness (QED) is 0.313. The van der Waals surface area contributed by atoms with Crippen LogP contribution in [-0.4, -0.2) is 82.5 Å². The summed E-state index contributed by atoms with van der Waals surface area (Å²) in [6.45, 7) is 0. The number of aromatic amines is 1. The Labute approximate surface area is 234 Å². The van der Waals surface area contributed by atoms with E-state index in [2.05, 4.69) is 35.5 Å². The SMILES string of the molecule is CS(=O)(=O)c1c([C@@H]2C[C@H]3CC[C@@H](C2)N3C(=O)c2cn[nH]n2)nc2c(-c3ccc(-c4ncccn4)nc3)cnn2c1N. The second-order valence-corrected chi connectivity index (χ2v) is 12.4. The highest BCUT2D eigenvalue weighted by molar-refractivity contribution is 7.91. The number of H-pyrrole nitrogens is 1. The van der Waals surface area contributed by atoms with E-state index in [9.17, 15) is 13.2 Å². The van der Waals surface area contributed by atoms with Gasteiger partial charge < -0.3 is 10.6 Å². The summed E-state index contributed by atoms with van der Waals surface area (Å²) >= 11 is 0. The van der Waals surface area contributed by atoms with Gasteiger partial charge in [-0.3, -0.25) is 9.78 Å². The van der Waals surface area contributed by atoms with Gasteiger partial charge in [-0.2, -0.15) is 25.0 Å². The fraction of sp³-hybridized carbons (Fsp3) is 0.308.